The first kappa shape index (κ1) is 15.4. The van der Waals surface area contributed by atoms with Gasteiger partial charge in [-0.1, -0.05) is 32.0 Å². The van der Waals surface area contributed by atoms with Crippen LogP contribution in [-0.2, 0) is 4.79 Å². The van der Waals surface area contributed by atoms with E-state index >= 15 is 0 Å². The molecule has 1 amide bonds. The second-order valence-corrected chi connectivity index (χ2v) is 5.81. The first-order valence-corrected chi connectivity index (χ1v) is 7.51. The topological polar surface area (TPSA) is 53.3 Å². The highest BCUT2D eigenvalue weighted by molar-refractivity contribution is 5.85. The van der Waals surface area contributed by atoms with Gasteiger partial charge in [0.1, 0.15) is 5.75 Å². The highest BCUT2D eigenvalue weighted by Crippen LogP contribution is 2.34. The molecule has 0 aliphatic carbocycles. The van der Waals surface area contributed by atoms with Crippen molar-refractivity contribution in [2.75, 3.05) is 19.7 Å². The number of rotatable bonds is 5. The summed E-state index contributed by atoms with van der Waals surface area (Å²) in [5, 5.41) is 8.79. The van der Waals surface area contributed by atoms with Gasteiger partial charge < -0.3 is 9.64 Å². The van der Waals surface area contributed by atoms with Crippen molar-refractivity contribution in [1.82, 2.24) is 4.90 Å². The summed E-state index contributed by atoms with van der Waals surface area (Å²) in [5.74, 6) is 1.18. The summed E-state index contributed by atoms with van der Waals surface area (Å²) in [7, 11) is 0. The maximum absolute atomic E-state index is 12.9. The number of hydrogen-bond acceptors (Lipinski definition) is 3. The van der Waals surface area contributed by atoms with Crippen LogP contribution in [0.4, 0.5) is 0 Å². The molecule has 4 heteroatoms. The van der Waals surface area contributed by atoms with E-state index in [2.05, 4.69) is 19.9 Å². The van der Waals surface area contributed by atoms with Crippen molar-refractivity contribution in [2.45, 2.75) is 32.6 Å². The molecule has 1 aliphatic heterocycles. The van der Waals surface area contributed by atoms with Gasteiger partial charge in [-0.05, 0) is 18.4 Å². The molecule has 0 spiro atoms. The van der Waals surface area contributed by atoms with Gasteiger partial charge in [0, 0.05) is 18.7 Å². The highest BCUT2D eigenvalue weighted by atomic mass is 16.5. The molecule has 1 aromatic carbocycles. The first-order chi connectivity index (χ1) is 10.1. The molecule has 0 bridgehead atoms. The van der Waals surface area contributed by atoms with Crippen molar-refractivity contribution in [2.24, 2.45) is 5.92 Å². The lowest BCUT2D eigenvalue weighted by molar-refractivity contribution is -0.134. The van der Waals surface area contributed by atoms with Gasteiger partial charge in [0.15, 0.2) is 0 Å². The zero-order valence-electron chi connectivity index (χ0n) is 12.7. The predicted octanol–water partition coefficient (Wildman–Crippen LogP) is 2.95. The van der Waals surface area contributed by atoms with Gasteiger partial charge in [0.25, 0.3) is 0 Å². The van der Waals surface area contributed by atoms with Crippen molar-refractivity contribution in [3.63, 3.8) is 0 Å². The molecule has 0 N–H and O–H groups in total. The van der Waals surface area contributed by atoms with Crippen LogP contribution in [0.3, 0.4) is 0 Å². The Labute approximate surface area is 126 Å². The van der Waals surface area contributed by atoms with E-state index in [9.17, 15) is 4.79 Å². The summed E-state index contributed by atoms with van der Waals surface area (Å²) in [6.45, 7) is 5.95. The molecule has 2 rings (SSSR count). The Hall–Kier alpha value is -2.02. The Morgan fingerprint density at radius 3 is 2.95 bits per heavy atom. The van der Waals surface area contributed by atoms with Crippen molar-refractivity contribution in [3.05, 3.63) is 29.8 Å². The molecule has 21 heavy (non-hydrogen) atoms. The minimum absolute atomic E-state index is 0.120. The number of nitrogens with zero attached hydrogens (tertiary/aromatic N) is 2. The fourth-order valence-corrected chi connectivity index (χ4v) is 2.74. The van der Waals surface area contributed by atoms with E-state index < -0.39 is 0 Å². The van der Waals surface area contributed by atoms with Crippen molar-refractivity contribution in [3.8, 4) is 11.8 Å². The molecule has 1 heterocycles. The van der Waals surface area contributed by atoms with Crippen LogP contribution in [0.15, 0.2) is 24.3 Å². The van der Waals surface area contributed by atoms with E-state index in [1.165, 1.54) is 0 Å². The molecule has 0 aromatic heterocycles. The summed E-state index contributed by atoms with van der Waals surface area (Å²) in [6, 6.07) is 9.87. The third-order valence-corrected chi connectivity index (χ3v) is 3.65. The second kappa shape index (κ2) is 7.12. The number of para-hydroxylation sites is 1. The maximum Gasteiger partial charge on any atom is 0.230 e. The van der Waals surface area contributed by atoms with Gasteiger partial charge in [-0.15, -0.1) is 0 Å². The smallest absolute Gasteiger partial charge is 0.230 e. The molecule has 0 radical (unpaired) electrons. The minimum atomic E-state index is -0.146. The number of carbonyl (C=O) groups is 1. The Kier molecular flexibility index (Phi) is 5.21. The van der Waals surface area contributed by atoms with Gasteiger partial charge in [0.2, 0.25) is 5.91 Å². The zero-order chi connectivity index (χ0) is 15.2. The second-order valence-electron chi connectivity index (χ2n) is 5.81. The van der Waals surface area contributed by atoms with Gasteiger partial charge in [0.05, 0.1) is 25.0 Å². The van der Waals surface area contributed by atoms with E-state index in [1.807, 2.05) is 29.2 Å². The highest BCUT2D eigenvalue weighted by Gasteiger charge is 2.30. The lowest BCUT2D eigenvalue weighted by atomic mass is 9.91. The molecule has 0 saturated carbocycles. The number of ether oxygens (including phenoxy) is 1. The first-order valence-electron chi connectivity index (χ1n) is 7.51. The Morgan fingerprint density at radius 1 is 1.48 bits per heavy atom. The molecule has 0 saturated heterocycles. The van der Waals surface area contributed by atoms with Crippen LogP contribution in [-0.4, -0.2) is 30.5 Å². The third-order valence-electron chi connectivity index (χ3n) is 3.65. The zero-order valence-corrected chi connectivity index (χ0v) is 12.7. The Bertz CT molecular complexity index is 534. The van der Waals surface area contributed by atoms with E-state index in [0.717, 1.165) is 11.3 Å². The fraction of sp³-hybridized carbons (Fsp3) is 0.529. The van der Waals surface area contributed by atoms with Crippen LogP contribution in [0.5, 0.6) is 5.75 Å². The fourth-order valence-electron chi connectivity index (χ4n) is 2.74. The molecule has 112 valence electrons. The predicted molar refractivity (Wildman–Crippen MR) is 80.9 cm³/mol. The van der Waals surface area contributed by atoms with Gasteiger partial charge >= 0.3 is 0 Å². The number of benzene rings is 1. The number of carbonyl (C=O) groups excluding carboxylic acids is 1. The quantitative estimate of drug-likeness (QED) is 0.836. The average molecular weight is 286 g/mol. The molecule has 1 aliphatic rings. The van der Waals surface area contributed by atoms with Crippen LogP contribution in [0.1, 0.15) is 38.2 Å². The third kappa shape index (κ3) is 3.75. The number of fused-ring (bicyclic) bond motifs is 1. The van der Waals surface area contributed by atoms with E-state index in [0.29, 0.717) is 38.5 Å². The minimum Gasteiger partial charge on any atom is -0.493 e. The summed E-state index contributed by atoms with van der Waals surface area (Å²) in [6.07, 6.45) is 1.08. The van der Waals surface area contributed by atoms with Gasteiger partial charge in [-0.3, -0.25) is 4.79 Å². The lowest BCUT2D eigenvalue weighted by Crippen LogP contribution is -2.39. The van der Waals surface area contributed by atoms with Crippen molar-refractivity contribution < 1.29 is 9.53 Å². The summed E-state index contributed by atoms with van der Waals surface area (Å²) < 4.78 is 5.62. The summed E-state index contributed by atoms with van der Waals surface area (Å²) in [4.78, 5) is 14.7. The van der Waals surface area contributed by atoms with Gasteiger partial charge in [-0.2, -0.15) is 5.26 Å². The Morgan fingerprint density at radius 2 is 2.24 bits per heavy atom. The molecule has 1 aromatic rings. The normalized spacial score (nSPS) is 16.8. The molecule has 1 atom stereocenters. The van der Waals surface area contributed by atoms with Crippen molar-refractivity contribution in [1.29, 1.82) is 5.26 Å². The van der Waals surface area contributed by atoms with Crippen LogP contribution in [0.25, 0.3) is 0 Å². The maximum atomic E-state index is 12.9. The average Bonchev–Trinajstić information content (AvgIpc) is 2.50. The molecular weight excluding hydrogens is 264 g/mol. The van der Waals surface area contributed by atoms with E-state index in [-0.39, 0.29) is 11.8 Å². The Balaban J connectivity index is 2.19. The molecular formula is C17H22N2O2. The summed E-state index contributed by atoms with van der Waals surface area (Å²) in [5.41, 5.74) is 0.972. The number of hydrogen-bond donors (Lipinski definition) is 0. The van der Waals surface area contributed by atoms with Crippen molar-refractivity contribution >= 4 is 5.91 Å². The van der Waals surface area contributed by atoms with Crippen LogP contribution >= 0.6 is 0 Å². The monoisotopic (exact) mass is 286 g/mol. The number of nitriles is 1. The van der Waals surface area contributed by atoms with E-state index in [1.54, 1.807) is 0 Å². The lowest BCUT2D eigenvalue weighted by Gasteiger charge is -2.31. The van der Waals surface area contributed by atoms with E-state index in [4.69, 9.17) is 10.00 Å². The number of amides is 1. The van der Waals surface area contributed by atoms with Crippen LogP contribution in [0.2, 0.25) is 0 Å². The largest absolute Gasteiger partial charge is 0.493 e. The molecule has 1 unspecified atom stereocenters. The van der Waals surface area contributed by atoms with Gasteiger partial charge in [-0.25, -0.2) is 0 Å². The molecule has 0 fully saturated rings. The molecule has 4 nitrogen and oxygen atoms in total. The summed E-state index contributed by atoms with van der Waals surface area (Å²) >= 11 is 0. The standard InChI is InChI=1S/C17H22N2O2/c1-13(2)12-19(10-5-9-18)17(20)15-8-11-21-16-7-4-3-6-14(15)16/h3-4,6-7,13,15H,5,8,10-12H2,1-2H3. The SMILES string of the molecule is CC(C)CN(CCC#N)C(=O)C1CCOc2ccccc21. The van der Waals surface area contributed by atoms with Crippen LogP contribution < -0.4 is 4.74 Å². The van der Waals surface area contributed by atoms with Crippen LogP contribution in [0, 0.1) is 17.2 Å².